The largest absolute Gasteiger partial charge is 0.496 e. The second-order valence-corrected chi connectivity index (χ2v) is 12.7. The number of anilines is 1. The van der Waals surface area contributed by atoms with Crippen LogP contribution in [0.5, 0.6) is 5.75 Å². The lowest BCUT2D eigenvalue weighted by Crippen LogP contribution is -2.57. The quantitative estimate of drug-likeness (QED) is 0.447. The average molecular weight is 592 g/mol. The summed E-state index contributed by atoms with van der Waals surface area (Å²) in [6.07, 6.45) is 6.13. The molecule has 6 rings (SSSR count). The summed E-state index contributed by atoms with van der Waals surface area (Å²) in [6.45, 7) is 6.44. The van der Waals surface area contributed by atoms with E-state index in [9.17, 15) is 14.4 Å². The number of aryl methyl sites for hydroxylation is 1. The zero-order valence-electron chi connectivity index (χ0n) is 24.4. The molecule has 0 aromatic heterocycles. The van der Waals surface area contributed by atoms with Gasteiger partial charge in [0, 0.05) is 22.3 Å². The fourth-order valence-corrected chi connectivity index (χ4v) is 7.58. The molecule has 3 fully saturated rings. The van der Waals surface area contributed by atoms with Gasteiger partial charge in [-0.1, -0.05) is 74.7 Å². The van der Waals surface area contributed by atoms with Gasteiger partial charge in [0.05, 0.1) is 31.6 Å². The number of carbonyl (C=O) groups is 3. The molecule has 0 unspecified atom stereocenters. The van der Waals surface area contributed by atoms with Crippen LogP contribution in [0.1, 0.15) is 44.2 Å². The lowest BCUT2D eigenvalue weighted by molar-refractivity contribution is -0.142. The fourth-order valence-electron chi connectivity index (χ4n) is 7.40. The van der Waals surface area contributed by atoms with Gasteiger partial charge in [-0.3, -0.25) is 14.4 Å². The van der Waals surface area contributed by atoms with Gasteiger partial charge in [-0.25, -0.2) is 0 Å². The van der Waals surface area contributed by atoms with Gasteiger partial charge in [0.1, 0.15) is 17.4 Å². The van der Waals surface area contributed by atoms with Crippen molar-refractivity contribution in [3.63, 3.8) is 0 Å². The van der Waals surface area contributed by atoms with Gasteiger partial charge in [0.15, 0.2) is 0 Å². The standard InChI is InChI=1S/C33H38ClN3O5/c1-18-8-7-10-24(20(18)3)36-31(39)29-33-15-14-26(42-33)27(30(38)35-22-13-12-19(2)23(34)16-22)28(33)32(40)37(29)17-21-9-5-6-11-25(21)41-4/h5-6,9,11-16,18,20,24,26-29H,7-8,10,17H2,1-4H3,(H,35,38)(H,36,39)/t18-,20-,24+,26-,27+,28-,29-,33-/m0/s1. The highest BCUT2D eigenvalue weighted by molar-refractivity contribution is 6.31. The van der Waals surface area contributed by atoms with E-state index < -0.39 is 29.6 Å². The Morgan fingerprint density at radius 2 is 1.93 bits per heavy atom. The first-order valence-corrected chi connectivity index (χ1v) is 15.2. The number of amides is 3. The Bertz CT molecular complexity index is 1440. The molecular formula is C33H38ClN3O5. The van der Waals surface area contributed by atoms with Gasteiger partial charge in [-0.15, -0.1) is 0 Å². The molecule has 222 valence electrons. The summed E-state index contributed by atoms with van der Waals surface area (Å²) in [5.41, 5.74) is 0.969. The van der Waals surface area contributed by atoms with Crippen LogP contribution in [-0.2, 0) is 25.7 Å². The average Bonchev–Trinajstić information content (AvgIpc) is 3.61. The second-order valence-electron chi connectivity index (χ2n) is 12.3. The molecule has 2 saturated heterocycles. The van der Waals surface area contributed by atoms with E-state index >= 15 is 0 Å². The third kappa shape index (κ3) is 4.69. The van der Waals surface area contributed by atoms with Crippen molar-refractivity contribution in [2.45, 2.75) is 70.4 Å². The number of nitrogens with zero attached hydrogens (tertiary/aromatic N) is 1. The van der Waals surface area contributed by atoms with Crippen LogP contribution >= 0.6 is 11.6 Å². The molecular weight excluding hydrogens is 554 g/mol. The molecule has 1 saturated carbocycles. The molecule has 2 N–H and O–H groups in total. The van der Waals surface area contributed by atoms with E-state index in [1.807, 2.05) is 49.4 Å². The summed E-state index contributed by atoms with van der Waals surface area (Å²) in [7, 11) is 1.58. The van der Waals surface area contributed by atoms with Crippen molar-refractivity contribution in [2.24, 2.45) is 23.7 Å². The molecule has 3 aliphatic heterocycles. The van der Waals surface area contributed by atoms with Crippen molar-refractivity contribution in [2.75, 3.05) is 12.4 Å². The van der Waals surface area contributed by atoms with E-state index in [2.05, 4.69) is 24.5 Å². The van der Waals surface area contributed by atoms with Crippen molar-refractivity contribution in [3.8, 4) is 5.75 Å². The third-order valence-electron chi connectivity index (χ3n) is 9.93. The fraction of sp³-hybridized carbons (Fsp3) is 0.485. The Hall–Kier alpha value is -3.36. The van der Waals surface area contributed by atoms with E-state index in [0.29, 0.717) is 28.3 Å². The van der Waals surface area contributed by atoms with Crippen molar-refractivity contribution in [1.29, 1.82) is 0 Å². The van der Waals surface area contributed by atoms with Crippen LogP contribution in [-0.4, -0.2) is 53.5 Å². The number of likely N-dealkylation sites (tertiary alicyclic amines) is 1. The Kier molecular flexibility index (Phi) is 7.56. The van der Waals surface area contributed by atoms with Gasteiger partial charge in [-0.05, 0) is 48.9 Å². The molecule has 4 aliphatic rings. The number of carbonyl (C=O) groups excluding carboxylic acids is 3. The van der Waals surface area contributed by atoms with Gasteiger partial charge in [0.25, 0.3) is 0 Å². The van der Waals surface area contributed by atoms with E-state index in [1.165, 1.54) is 0 Å². The molecule has 3 amide bonds. The minimum absolute atomic E-state index is 0.00729. The first-order valence-electron chi connectivity index (χ1n) is 14.8. The van der Waals surface area contributed by atoms with Crippen LogP contribution in [0.15, 0.2) is 54.6 Å². The maximum absolute atomic E-state index is 14.4. The highest BCUT2D eigenvalue weighted by Crippen LogP contribution is 2.55. The Morgan fingerprint density at radius 1 is 1.14 bits per heavy atom. The molecule has 1 spiro atoms. The van der Waals surface area contributed by atoms with Crippen LogP contribution in [0.4, 0.5) is 5.69 Å². The van der Waals surface area contributed by atoms with Gasteiger partial charge >= 0.3 is 0 Å². The molecule has 8 atom stereocenters. The van der Waals surface area contributed by atoms with Gasteiger partial charge in [-0.2, -0.15) is 0 Å². The smallest absolute Gasteiger partial charge is 0.246 e. The first kappa shape index (κ1) is 28.7. The molecule has 42 heavy (non-hydrogen) atoms. The van der Waals surface area contributed by atoms with Crippen LogP contribution in [0.3, 0.4) is 0 Å². The van der Waals surface area contributed by atoms with Crippen LogP contribution in [0.2, 0.25) is 5.02 Å². The van der Waals surface area contributed by atoms with Gasteiger partial charge < -0.3 is 25.0 Å². The summed E-state index contributed by atoms with van der Waals surface area (Å²) in [5, 5.41) is 6.78. The zero-order valence-corrected chi connectivity index (χ0v) is 25.2. The van der Waals surface area contributed by atoms with E-state index in [4.69, 9.17) is 21.1 Å². The topological polar surface area (TPSA) is 97.0 Å². The van der Waals surface area contributed by atoms with Crippen molar-refractivity contribution < 1.29 is 23.9 Å². The van der Waals surface area contributed by atoms with Gasteiger partial charge in [0.2, 0.25) is 17.7 Å². The molecule has 9 heteroatoms. The van der Waals surface area contributed by atoms with Crippen LogP contribution < -0.4 is 15.4 Å². The number of hydrogen-bond acceptors (Lipinski definition) is 5. The SMILES string of the molecule is COc1ccccc1CN1C(=O)[C@@H]2[C@H](C(=O)Nc3ccc(C)c(Cl)c3)[C@@H]3C=C[C@@]2(O3)[C@@H]1C(=O)N[C@@H]1CCC[C@H](C)[C@@H]1C. The van der Waals surface area contributed by atoms with E-state index in [1.54, 1.807) is 24.1 Å². The Balaban J connectivity index is 1.34. The number of halogens is 1. The molecule has 1 aliphatic carbocycles. The lowest BCUT2D eigenvalue weighted by atomic mass is 9.73. The van der Waals surface area contributed by atoms with Crippen LogP contribution in [0.25, 0.3) is 0 Å². The number of fused-ring (bicyclic) bond motifs is 1. The van der Waals surface area contributed by atoms with Crippen LogP contribution in [0, 0.1) is 30.6 Å². The third-order valence-corrected chi connectivity index (χ3v) is 10.3. The number of nitrogens with one attached hydrogen (secondary N) is 2. The second kappa shape index (κ2) is 11.0. The maximum atomic E-state index is 14.4. The molecule has 2 aromatic rings. The molecule has 0 radical (unpaired) electrons. The Morgan fingerprint density at radius 3 is 2.69 bits per heavy atom. The number of hydrogen-bond donors (Lipinski definition) is 2. The summed E-state index contributed by atoms with van der Waals surface area (Å²) in [5.74, 6) is -1.07. The van der Waals surface area contributed by atoms with Crippen molar-refractivity contribution in [1.82, 2.24) is 10.2 Å². The highest BCUT2D eigenvalue weighted by Gasteiger charge is 2.72. The lowest BCUT2D eigenvalue weighted by Gasteiger charge is -2.38. The summed E-state index contributed by atoms with van der Waals surface area (Å²) >= 11 is 6.30. The predicted octanol–water partition coefficient (Wildman–Crippen LogP) is 4.89. The number of methoxy groups -OCH3 is 1. The monoisotopic (exact) mass is 591 g/mol. The normalized spacial score (nSPS) is 33.0. The van der Waals surface area contributed by atoms with Crippen molar-refractivity contribution >= 4 is 35.0 Å². The Labute approximate surface area is 251 Å². The molecule has 8 nitrogen and oxygen atoms in total. The summed E-state index contributed by atoms with van der Waals surface area (Å²) in [4.78, 5) is 44.0. The molecule has 2 aromatic carbocycles. The highest BCUT2D eigenvalue weighted by atomic mass is 35.5. The van der Waals surface area contributed by atoms with E-state index in [-0.39, 0.29) is 30.3 Å². The minimum Gasteiger partial charge on any atom is -0.496 e. The number of para-hydroxylation sites is 1. The summed E-state index contributed by atoms with van der Waals surface area (Å²) in [6, 6.07) is 11.8. The first-order chi connectivity index (χ1) is 20.1. The predicted molar refractivity (Wildman–Crippen MR) is 160 cm³/mol. The zero-order chi connectivity index (χ0) is 29.8. The van der Waals surface area contributed by atoms with Crippen molar-refractivity contribution in [3.05, 3.63) is 70.8 Å². The minimum atomic E-state index is -1.25. The summed E-state index contributed by atoms with van der Waals surface area (Å²) < 4.78 is 12.1. The number of benzene rings is 2. The number of rotatable bonds is 7. The number of ether oxygens (including phenoxy) is 2. The molecule has 3 heterocycles. The maximum Gasteiger partial charge on any atom is 0.246 e. The molecule has 2 bridgehead atoms. The van der Waals surface area contributed by atoms with E-state index in [0.717, 1.165) is 30.4 Å².